The van der Waals surface area contributed by atoms with E-state index in [4.69, 9.17) is 9.47 Å². The van der Waals surface area contributed by atoms with Crippen LogP contribution >= 0.6 is 11.3 Å². The Labute approximate surface area is 151 Å². The molecule has 1 aromatic rings. The van der Waals surface area contributed by atoms with E-state index in [1.54, 1.807) is 13.8 Å². The molecule has 0 aliphatic carbocycles. The number of allylic oxidation sites excluding steroid dienone is 1. The first kappa shape index (κ1) is 18.9. The van der Waals surface area contributed by atoms with Crippen molar-refractivity contribution in [2.75, 3.05) is 13.2 Å². The molecule has 2 rings (SSSR count). The number of nitrogens with zero attached hydrogens (tertiary/aromatic N) is 1. The molecule has 1 aromatic heterocycles. The van der Waals surface area contributed by atoms with Crippen molar-refractivity contribution in [3.63, 3.8) is 0 Å². The van der Waals surface area contributed by atoms with E-state index in [0.29, 0.717) is 17.0 Å². The zero-order valence-corrected chi connectivity index (χ0v) is 15.2. The summed E-state index contributed by atoms with van der Waals surface area (Å²) in [5.41, 5.74) is 1.55. The lowest BCUT2D eigenvalue weighted by atomic mass is 9.79. The SMILES string of the molecule is C=CCOC(=O)C1=C(C)N=C(C)C(C(=O)OCC=C)[C@@H]1c1cccs1. The van der Waals surface area contributed by atoms with Gasteiger partial charge in [0, 0.05) is 22.2 Å². The Morgan fingerprint density at radius 1 is 1.24 bits per heavy atom. The lowest BCUT2D eigenvalue weighted by molar-refractivity contribution is -0.145. The van der Waals surface area contributed by atoms with Crippen LogP contribution in [0, 0.1) is 5.92 Å². The fourth-order valence-electron chi connectivity index (χ4n) is 2.83. The van der Waals surface area contributed by atoms with Crippen molar-refractivity contribution in [2.24, 2.45) is 10.9 Å². The molecule has 1 aliphatic heterocycles. The van der Waals surface area contributed by atoms with Gasteiger partial charge < -0.3 is 9.47 Å². The summed E-state index contributed by atoms with van der Waals surface area (Å²) in [5, 5.41) is 1.91. The zero-order chi connectivity index (χ0) is 18.4. The van der Waals surface area contributed by atoms with E-state index in [9.17, 15) is 9.59 Å². The van der Waals surface area contributed by atoms with Gasteiger partial charge in [0.2, 0.25) is 0 Å². The molecule has 0 spiro atoms. The average Bonchev–Trinajstić information content (AvgIpc) is 3.11. The van der Waals surface area contributed by atoms with Crippen LogP contribution in [0.15, 0.2) is 59.1 Å². The molecule has 1 unspecified atom stereocenters. The van der Waals surface area contributed by atoms with Crippen LogP contribution in [0.2, 0.25) is 0 Å². The van der Waals surface area contributed by atoms with Crippen molar-refractivity contribution in [1.29, 1.82) is 0 Å². The minimum atomic E-state index is -0.673. The molecule has 0 aromatic carbocycles. The number of carbonyl (C=O) groups is 2. The molecule has 0 fully saturated rings. The Morgan fingerprint density at radius 3 is 2.52 bits per heavy atom. The van der Waals surface area contributed by atoms with Gasteiger partial charge in [0.15, 0.2) is 0 Å². The second-order valence-corrected chi connectivity index (χ2v) is 6.51. The molecule has 132 valence electrons. The van der Waals surface area contributed by atoms with Crippen LogP contribution in [0.25, 0.3) is 0 Å². The van der Waals surface area contributed by atoms with Crippen molar-refractivity contribution in [3.8, 4) is 0 Å². The molecule has 0 bridgehead atoms. The first-order chi connectivity index (χ1) is 12.0. The minimum Gasteiger partial charge on any atom is -0.461 e. The largest absolute Gasteiger partial charge is 0.461 e. The van der Waals surface area contributed by atoms with Crippen LogP contribution in [0.3, 0.4) is 0 Å². The van der Waals surface area contributed by atoms with E-state index < -0.39 is 23.8 Å². The summed E-state index contributed by atoms with van der Waals surface area (Å²) in [5.74, 6) is -2.07. The molecular weight excluding hydrogens is 338 g/mol. The number of esters is 2. The van der Waals surface area contributed by atoms with Gasteiger partial charge in [-0.25, -0.2) is 4.79 Å². The molecule has 5 nitrogen and oxygen atoms in total. The van der Waals surface area contributed by atoms with Crippen LogP contribution in [-0.2, 0) is 19.1 Å². The van der Waals surface area contributed by atoms with Gasteiger partial charge >= 0.3 is 11.9 Å². The Morgan fingerprint density at radius 2 is 1.92 bits per heavy atom. The Bertz CT molecular complexity index is 731. The Hall–Kier alpha value is -2.47. The predicted molar refractivity (Wildman–Crippen MR) is 98.7 cm³/mol. The number of thiophene rings is 1. The number of carbonyl (C=O) groups excluding carboxylic acids is 2. The molecule has 0 N–H and O–H groups in total. The summed E-state index contributed by atoms with van der Waals surface area (Å²) in [6.07, 6.45) is 3.01. The third-order valence-electron chi connectivity index (χ3n) is 3.83. The van der Waals surface area contributed by atoms with Crippen LogP contribution in [0.5, 0.6) is 0 Å². The topological polar surface area (TPSA) is 65.0 Å². The monoisotopic (exact) mass is 359 g/mol. The maximum Gasteiger partial charge on any atom is 0.336 e. The third kappa shape index (κ3) is 4.14. The van der Waals surface area contributed by atoms with Gasteiger partial charge in [0.1, 0.15) is 19.1 Å². The summed E-state index contributed by atoms with van der Waals surface area (Å²) in [6, 6.07) is 3.78. The molecule has 0 saturated heterocycles. The molecule has 2 heterocycles. The molecular formula is C19H21NO4S. The summed E-state index contributed by atoms with van der Waals surface area (Å²) in [7, 11) is 0. The lowest BCUT2D eigenvalue weighted by Gasteiger charge is -2.30. The lowest BCUT2D eigenvalue weighted by Crippen LogP contribution is -2.36. The van der Waals surface area contributed by atoms with E-state index in [2.05, 4.69) is 18.2 Å². The highest BCUT2D eigenvalue weighted by Crippen LogP contribution is 2.41. The van der Waals surface area contributed by atoms with Crippen LogP contribution in [-0.4, -0.2) is 30.9 Å². The average molecular weight is 359 g/mol. The van der Waals surface area contributed by atoms with E-state index in [1.165, 1.54) is 23.5 Å². The quantitative estimate of drug-likeness (QED) is 0.550. The zero-order valence-electron chi connectivity index (χ0n) is 14.4. The van der Waals surface area contributed by atoms with Gasteiger partial charge in [-0.2, -0.15) is 0 Å². The fourth-order valence-corrected chi connectivity index (χ4v) is 3.70. The van der Waals surface area contributed by atoms with Gasteiger partial charge in [-0.3, -0.25) is 9.79 Å². The van der Waals surface area contributed by atoms with Crippen LogP contribution < -0.4 is 0 Å². The van der Waals surface area contributed by atoms with E-state index >= 15 is 0 Å². The van der Waals surface area contributed by atoms with Crippen molar-refractivity contribution < 1.29 is 19.1 Å². The standard InChI is InChI=1S/C19H21NO4S/c1-5-9-23-18(21)15-12(3)20-13(4)16(19(22)24-10-6-2)17(15)14-8-7-11-25-14/h5-8,11,15,17H,1-2,9-10H2,3-4H3/t15?,17-/m0/s1. The van der Waals surface area contributed by atoms with E-state index in [1.807, 2.05) is 17.5 Å². The first-order valence-electron chi connectivity index (χ1n) is 7.86. The van der Waals surface area contributed by atoms with Crippen LogP contribution in [0.4, 0.5) is 0 Å². The second kappa shape index (κ2) is 8.58. The highest BCUT2D eigenvalue weighted by atomic mass is 32.1. The first-order valence-corrected chi connectivity index (χ1v) is 8.74. The Balaban J connectivity index is 2.48. The number of aliphatic imine (C=N–C) groups is 1. The molecule has 1 aliphatic rings. The van der Waals surface area contributed by atoms with Crippen LogP contribution in [0.1, 0.15) is 24.6 Å². The number of ether oxygens (including phenoxy) is 2. The second-order valence-electron chi connectivity index (χ2n) is 5.53. The van der Waals surface area contributed by atoms with Gasteiger partial charge in [0.05, 0.1) is 5.57 Å². The van der Waals surface area contributed by atoms with Gasteiger partial charge in [-0.1, -0.05) is 31.4 Å². The van der Waals surface area contributed by atoms with Crippen molar-refractivity contribution in [2.45, 2.75) is 19.8 Å². The summed E-state index contributed by atoms with van der Waals surface area (Å²) in [6.45, 7) is 10.8. The number of hydrogen-bond acceptors (Lipinski definition) is 6. The maximum atomic E-state index is 12.6. The molecule has 6 heteroatoms. The van der Waals surface area contributed by atoms with Gasteiger partial charge in [-0.05, 0) is 25.3 Å². The third-order valence-corrected chi connectivity index (χ3v) is 4.78. The normalized spacial score (nSPS) is 19.8. The molecule has 2 atom stereocenters. The summed E-state index contributed by atoms with van der Waals surface area (Å²) < 4.78 is 10.5. The van der Waals surface area contributed by atoms with E-state index in [-0.39, 0.29) is 13.2 Å². The highest BCUT2D eigenvalue weighted by molar-refractivity contribution is 7.10. The fraction of sp³-hybridized carbons (Fsp3) is 0.316. The smallest absolute Gasteiger partial charge is 0.336 e. The van der Waals surface area contributed by atoms with Crippen molar-refractivity contribution >= 4 is 29.0 Å². The summed E-state index contributed by atoms with van der Waals surface area (Å²) in [4.78, 5) is 30.5. The number of rotatable bonds is 7. The molecule has 0 radical (unpaired) electrons. The van der Waals surface area contributed by atoms with Crippen molar-refractivity contribution in [3.05, 3.63) is 59.0 Å². The molecule has 0 saturated carbocycles. The Kier molecular flexibility index (Phi) is 6.47. The molecule has 0 amide bonds. The minimum absolute atomic E-state index is 0.0983. The maximum absolute atomic E-state index is 12.6. The van der Waals surface area contributed by atoms with Crippen molar-refractivity contribution in [1.82, 2.24) is 0 Å². The molecule has 25 heavy (non-hydrogen) atoms. The van der Waals surface area contributed by atoms with Gasteiger partial charge in [-0.15, -0.1) is 11.3 Å². The number of hydrogen-bond donors (Lipinski definition) is 0. The predicted octanol–water partition coefficient (Wildman–Crippen LogP) is 3.65. The summed E-state index contributed by atoms with van der Waals surface area (Å²) >= 11 is 1.48. The van der Waals surface area contributed by atoms with Gasteiger partial charge in [0.25, 0.3) is 0 Å². The highest BCUT2D eigenvalue weighted by Gasteiger charge is 2.42. The van der Waals surface area contributed by atoms with E-state index in [0.717, 1.165) is 4.88 Å².